The van der Waals surface area contributed by atoms with Crippen LogP contribution in [0.25, 0.3) is 0 Å². The molecule has 0 aromatic heterocycles. The van der Waals surface area contributed by atoms with E-state index in [0.717, 1.165) is 5.56 Å². The minimum atomic E-state index is -0.536. The molecule has 7 nitrogen and oxygen atoms in total. The highest BCUT2D eigenvalue weighted by Gasteiger charge is 2.19. The molecule has 7 heteroatoms. The summed E-state index contributed by atoms with van der Waals surface area (Å²) in [7, 11) is 1.42. The highest BCUT2D eigenvalue weighted by Crippen LogP contribution is 2.31. The van der Waals surface area contributed by atoms with Gasteiger partial charge in [0.2, 0.25) is 0 Å². The van der Waals surface area contributed by atoms with E-state index in [-0.39, 0.29) is 29.4 Å². The summed E-state index contributed by atoms with van der Waals surface area (Å²) in [5.74, 6) is 0.0923. The van der Waals surface area contributed by atoms with E-state index in [1.807, 2.05) is 24.3 Å². The number of carbonyl (C=O) groups is 1. The third-order valence-corrected chi connectivity index (χ3v) is 3.73. The second-order valence-electron chi connectivity index (χ2n) is 6.72. The van der Waals surface area contributed by atoms with Crippen LogP contribution in [0, 0.1) is 10.1 Å². The lowest BCUT2D eigenvalue weighted by Gasteiger charge is -2.23. The van der Waals surface area contributed by atoms with E-state index < -0.39 is 4.92 Å². The summed E-state index contributed by atoms with van der Waals surface area (Å²) in [6.07, 6.45) is 0. The molecule has 0 aliphatic heterocycles. The second kappa shape index (κ2) is 7.86. The number of hydrogen-bond donors (Lipinski definition) is 1. The quantitative estimate of drug-likeness (QED) is 0.624. The van der Waals surface area contributed by atoms with Gasteiger partial charge >= 0.3 is 0 Å². The van der Waals surface area contributed by atoms with Crippen LogP contribution < -0.4 is 14.8 Å². The second-order valence-corrected chi connectivity index (χ2v) is 6.72. The number of amides is 1. The molecular formula is C19H22N2O5. The maximum absolute atomic E-state index is 12.3. The van der Waals surface area contributed by atoms with Crippen LogP contribution in [-0.2, 0) is 10.2 Å². The Morgan fingerprint density at radius 1 is 1.15 bits per heavy atom. The minimum absolute atomic E-state index is 0.131. The molecule has 0 atom stereocenters. The maximum atomic E-state index is 12.3. The zero-order valence-corrected chi connectivity index (χ0v) is 15.2. The van der Waals surface area contributed by atoms with Gasteiger partial charge in [-0.15, -0.1) is 0 Å². The van der Waals surface area contributed by atoms with Crippen molar-refractivity contribution in [1.82, 2.24) is 0 Å². The number of nitrogens with one attached hydrogen (secondary N) is 1. The highest BCUT2D eigenvalue weighted by atomic mass is 16.6. The average molecular weight is 358 g/mol. The Kier molecular flexibility index (Phi) is 5.82. The van der Waals surface area contributed by atoms with Crippen molar-refractivity contribution in [3.8, 4) is 11.5 Å². The van der Waals surface area contributed by atoms with E-state index in [2.05, 4.69) is 26.1 Å². The van der Waals surface area contributed by atoms with Crippen LogP contribution in [-0.4, -0.2) is 24.5 Å². The Morgan fingerprint density at radius 2 is 1.85 bits per heavy atom. The number of non-ortho nitro benzene ring substituents is 1. The number of rotatable bonds is 6. The topological polar surface area (TPSA) is 90.7 Å². The lowest BCUT2D eigenvalue weighted by molar-refractivity contribution is -0.385. The van der Waals surface area contributed by atoms with Crippen LogP contribution >= 0.6 is 0 Å². The Morgan fingerprint density at radius 3 is 2.46 bits per heavy atom. The molecule has 0 aliphatic rings. The van der Waals surface area contributed by atoms with Crippen molar-refractivity contribution in [2.24, 2.45) is 0 Å². The molecule has 0 bridgehead atoms. The number of nitro groups is 1. The van der Waals surface area contributed by atoms with Crippen molar-refractivity contribution < 1.29 is 19.2 Å². The summed E-state index contributed by atoms with van der Waals surface area (Å²) in [6, 6.07) is 11.5. The standard InChI is InChI=1S/C19H22N2O5/c1-19(2,3)14-7-5-6-8-15(14)20-18(22)12-26-17-11-13(21(23)24)9-10-16(17)25-4/h5-11H,12H2,1-4H3,(H,20,22). The van der Waals surface area contributed by atoms with Gasteiger partial charge in [0.25, 0.3) is 11.6 Å². The van der Waals surface area contributed by atoms with Crippen molar-refractivity contribution in [2.45, 2.75) is 26.2 Å². The number of hydrogen-bond acceptors (Lipinski definition) is 5. The third-order valence-electron chi connectivity index (χ3n) is 3.73. The van der Waals surface area contributed by atoms with Crippen LogP contribution in [0.2, 0.25) is 0 Å². The van der Waals surface area contributed by atoms with Crippen LogP contribution in [0.15, 0.2) is 42.5 Å². The summed E-state index contributed by atoms with van der Waals surface area (Å²) in [5.41, 5.74) is 1.44. The van der Waals surface area contributed by atoms with Crippen LogP contribution in [0.1, 0.15) is 26.3 Å². The highest BCUT2D eigenvalue weighted by molar-refractivity contribution is 5.92. The largest absolute Gasteiger partial charge is 0.493 e. The number of anilines is 1. The number of ether oxygens (including phenoxy) is 2. The lowest BCUT2D eigenvalue weighted by atomic mass is 9.86. The Balaban J connectivity index is 2.11. The van der Waals surface area contributed by atoms with Crippen LogP contribution in [0.3, 0.4) is 0 Å². The van der Waals surface area contributed by atoms with Crippen LogP contribution in [0.4, 0.5) is 11.4 Å². The molecule has 1 amide bonds. The summed E-state index contributed by atoms with van der Waals surface area (Å²) in [5, 5.41) is 13.7. The molecule has 0 heterocycles. The van der Waals surface area contributed by atoms with E-state index in [9.17, 15) is 14.9 Å². The fraction of sp³-hybridized carbons (Fsp3) is 0.316. The normalized spacial score (nSPS) is 10.9. The Labute approximate surface area is 152 Å². The molecule has 0 saturated heterocycles. The molecule has 26 heavy (non-hydrogen) atoms. The number of methoxy groups -OCH3 is 1. The molecule has 2 aromatic rings. The maximum Gasteiger partial charge on any atom is 0.273 e. The molecular weight excluding hydrogens is 336 g/mol. The predicted octanol–water partition coefficient (Wildman–Crippen LogP) is 3.92. The monoisotopic (exact) mass is 358 g/mol. The van der Waals surface area contributed by atoms with Gasteiger partial charge in [-0.2, -0.15) is 0 Å². The Hall–Kier alpha value is -3.09. The molecule has 0 fully saturated rings. The van der Waals surface area contributed by atoms with E-state index in [1.54, 1.807) is 0 Å². The molecule has 0 saturated carbocycles. The molecule has 0 aliphatic carbocycles. The van der Waals surface area contributed by atoms with E-state index in [4.69, 9.17) is 9.47 Å². The van der Waals surface area contributed by atoms with Gasteiger partial charge in [0.15, 0.2) is 18.1 Å². The first-order chi connectivity index (χ1) is 12.2. The smallest absolute Gasteiger partial charge is 0.273 e. The van der Waals surface area contributed by atoms with Gasteiger partial charge in [0.1, 0.15) is 0 Å². The van der Waals surface area contributed by atoms with Crippen molar-refractivity contribution in [3.63, 3.8) is 0 Å². The lowest BCUT2D eigenvalue weighted by Crippen LogP contribution is -2.23. The van der Waals surface area contributed by atoms with E-state index in [0.29, 0.717) is 11.4 Å². The summed E-state index contributed by atoms with van der Waals surface area (Å²) in [6.45, 7) is 5.88. The molecule has 0 unspecified atom stereocenters. The van der Waals surface area contributed by atoms with Crippen molar-refractivity contribution in [3.05, 3.63) is 58.1 Å². The van der Waals surface area contributed by atoms with Gasteiger partial charge in [-0.1, -0.05) is 39.0 Å². The van der Waals surface area contributed by atoms with Gasteiger partial charge in [-0.25, -0.2) is 0 Å². The molecule has 0 spiro atoms. The van der Waals surface area contributed by atoms with Crippen molar-refractivity contribution >= 4 is 17.3 Å². The van der Waals surface area contributed by atoms with Gasteiger partial charge < -0.3 is 14.8 Å². The number of para-hydroxylation sites is 1. The number of benzene rings is 2. The summed E-state index contributed by atoms with van der Waals surface area (Å²) >= 11 is 0. The fourth-order valence-corrected chi connectivity index (χ4v) is 2.47. The zero-order chi connectivity index (χ0) is 19.3. The SMILES string of the molecule is COc1ccc([N+](=O)[O-])cc1OCC(=O)Nc1ccccc1C(C)(C)C. The average Bonchev–Trinajstić information content (AvgIpc) is 2.59. The van der Waals surface area contributed by atoms with Gasteiger partial charge in [-0.05, 0) is 23.1 Å². The minimum Gasteiger partial charge on any atom is -0.493 e. The van der Waals surface area contributed by atoms with Gasteiger partial charge in [-0.3, -0.25) is 14.9 Å². The third kappa shape index (κ3) is 4.72. The molecule has 2 aromatic carbocycles. The molecule has 138 valence electrons. The molecule has 2 rings (SSSR count). The van der Waals surface area contributed by atoms with Crippen molar-refractivity contribution in [1.29, 1.82) is 0 Å². The predicted molar refractivity (Wildman–Crippen MR) is 98.9 cm³/mol. The van der Waals surface area contributed by atoms with Gasteiger partial charge in [0, 0.05) is 11.8 Å². The number of carbonyl (C=O) groups excluding carboxylic acids is 1. The first-order valence-electron chi connectivity index (χ1n) is 8.07. The summed E-state index contributed by atoms with van der Waals surface area (Å²) < 4.78 is 10.6. The number of nitrogens with zero attached hydrogens (tertiary/aromatic N) is 1. The van der Waals surface area contributed by atoms with Gasteiger partial charge in [0.05, 0.1) is 18.1 Å². The molecule has 1 N–H and O–H groups in total. The molecule has 0 radical (unpaired) electrons. The first-order valence-corrected chi connectivity index (χ1v) is 8.07. The zero-order valence-electron chi connectivity index (χ0n) is 15.2. The van der Waals surface area contributed by atoms with E-state index in [1.165, 1.54) is 25.3 Å². The summed E-state index contributed by atoms with van der Waals surface area (Å²) in [4.78, 5) is 22.6. The van der Waals surface area contributed by atoms with Crippen molar-refractivity contribution in [2.75, 3.05) is 19.0 Å². The van der Waals surface area contributed by atoms with E-state index >= 15 is 0 Å². The fourth-order valence-electron chi connectivity index (χ4n) is 2.47. The first kappa shape index (κ1) is 19.2. The number of nitro benzene ring substituents is 1. The van der Waals surface area contributed by atoms with Crippen LogP contribution in [0.5, 0.6) is 11.5 Å². The Bertz CT molecular complexity index is 812.